The molecule has 0 aliphatic rings. The monoisotopic (exact) mass is 318 g/mol. The number of carbonyl (C=O) groups excluding carboxylic acids is 1. The molecule has 0 bridgehead atoms. The molecule has 1 aromatic heterocycles. The molecule has 0 aliphatic carbocycles. The standard InChI is InChI=1S/C16H19ClN4O/c1-11(2)21-15-10-19-14(9-20-15)16(22)18-8-7-12-3-5-13(17)6-4-12/h3-6,9-11H,7-8H2,1-2H3,(H,18,22)(H,20,21). The zero-order valence-electron chi connectivity index (χ0n) is 12.6. The van der Waals surface area contributed by atoms with Crippen LogP contribution in [0.25, 0.3) is 0 Å². The molecule has 0 spiro atoms. The minimum absolute atomic E-state index is 0.224. The summed E-state index contributed by atoms with van der Waals surface area (Å²) in [6, 6.07) is 7.84. The van der Waals surface area contributed by atoms with E-state index in [4.69, 9.17) is 11.6 Å². The van der Waals surface area contributed by atoms with Gasteiger partial charge in [0, 0.05) is 17.6 Å². The van der Waals surface area contributed by atoms with Crippen LogP contribution >= 0.6 is 11.6 Å². The smallest absolute Gasteiger partial charge is 0.271 e. The third-order valence-corrected chi connectivity index (χ3v) is 3.19. The van der Waals surface area contributed by atoms with Gasteiger partial charge in [0.05, 0.1) is 12.4 Å². The van der Waals surface area contributed by atoms with E-state index in [1.807, 2.05) is 38.1 Å². The van der Waals surface area contributed by atoms with Crippen LogP contribution in [-0.2, 0) is 6.42 Å². The van der Waals surface area contributed by atoms with Gasteiger partial charge in [-0.3, -0.25) is 4.79 Å². The van der Waals surface area contributed by atoms with Crippen molar-refractivity contribution >= 4 is 23.3 Å². The van der Waals surface area contributed by atoms with Crippen LogP contribution in [0.5, 0.6) is 0 Å². The van der Waals surface area contributed by atoms with Crippen molar-refractivity contribution in [1.82, 2.24) is 15.3 Å². The molecule has 2 aromatic rings. The van der Waals surface area contributed by atoms with Crippen LogP contribution in [0.4, 0.5) is 5.82 Å². The summed E-state index contributed by atoms with van der Waals surface area (Å²) in [5.74, 6) is 0.435. The lowest BCUT2D eigenvalue weighted by atomic mass is 10.1. The van der Waals surface area contributed by atoms with Gasteiger partial charge in [0.25, 0.3) is 5.91 Å². The van der Waals surface area contributed by atoms with Gasteiger partial charge >= 0.3 is 0 Å². The number of nitrogens with one attached hydrogen (secondary N) is 2. The van der Waals surface area contributed by atoms with Gasteiger partial charge in [-0.2, -0.15) is 0 Å². The van der Waals surface area contributed by atoms with E-state index >= 15 is 0 Å². The lowest BCUT2D eigenvalue weighted by molar-refractivity contribution is 0.0949. The van der Waals surface area contributed by atoms with Crippen LogP contribution in [0.2, 0.25) is 5.02 Å². The number of amides is 1. The fourth-order valence-corrected chi connectivity index (χ4v) is 2.00. The van der Waals surface area contributed by atoms with E-state index in [2.05, 4.69) is 20.6 Å². The van der Waals surface area contributed by atoms with Gasteiger partial charge in [0.15, 0.2) is 0 Å². The second kappa shape index (κ2) is 7.75. The third kappa shape index (κ3) is 5.00. The molecule has 22 heavy (non-hydrogen) atoms. The van der Waals surface area contributed by atoms with Crippen molar-refractivity contribution in [1.29, 1.82) is 0 Å². The summed E-state index contributed by atoms with van der Waals surface area (Å²) in [6.07, 6.45) is 3.78. The lowest BCUT2D eigenvalue weighted by Crippen LogP contribution is -2.26. The Balaban J connectivity index is 1.83. The van der Waals surface area contributed by atoms with Crippen molar-refractivity contribution in [3.8, 4) is 0 Å². The van der Waals surface area contributed by atoms with Crippen molar-refractivity contribution in [3.05, 3.63) is 52.9 Å². The molecule has 0 saturated heterocycles. The minimum Gasteiger partial charge on any atom is -0.367 e. The SMILES string of the molecule is CC(C)Nc1cnc(C(=O)NCCc2ccc(Cl)cc2)cn1. The second-order valence-corrected chi connectivity index (χ2v) is 5.65. The molecular formula is C16H19ClN4O. The minimum atomic E-state index is -0.224. The number of nitrogens with zero attached hydrogens (tertiary/aromatic N) is 2. The summed E-state index contributed by atoms with van der Waals surface area (Å²) in [5, 5.41) is 6.66. The number of carbonyl (C=O) groups is 1. The van der Waals surface area contributed by atoms with Crippen LogP contribution in [0.1, 0.15) is 29.9 Å². The Hall–Kier alpha value is -2.14. The van der Waals surface area contributed by atoms with Gasteiger partial charge in [-0.25, -0.2) is 9.97 Å². The molecule has 0 unspecified atom stereocenters. The molecule has 1 heterocycles. The van der Waals surface area contributed by atoms with Gasteiger partial charge in [-0.15, -0.1) is 0 Å². The Morgan fingerprint density at radius 3 is 2.50 bits per heavy atom. The van der Waals surface area contributed by atoms with E-state index in [1.54, 1.807) is 6.20 Å². The van der Waals surface area contributed by atoms with Crippen LogP contribution in [0, 0.1) is 0 Å². The first kappa shape index (κ1) is 16.2. The zero-order chi connectivity index (χ0) is 15.9. The van der Waals surface area contributed by atoms with E-state index in [0.29, 0.717) is 23.1 Å². The largest absolute Gasteiger partial charge is 0.367 e. The van der Waals surface area contributed by atoms with E-state index in [1.165, 1.54) is 6.20 Å². The molecule has 6 heteroatoms. The highest BCUT2D eigenvalue weighted by atomic mass is 35.5. The topological polar surface area (TPSA) is 66.9 Å². The van der Waals surface area contributed by atoms with Gasteiger partial charge in [-0.1, -0.05) is 23.7 Å². The molecule has 2 N–H and O–H groups in total. The first-order valence-electron chi connectivity index (χ1n) is 7.16. The Morgan fingerprint density at radius 2 is 1.91 bits per heavy atom. The summed E-state index contributed by atoms with van der Waals surface area (Å²) in [4.78, 5) is 20.2. The summed E-state index contributed by atoms with van der Waals surface area (Å²) in [7, 11) is 0. The number of halogens is 1. The van der Waals surface area contributed by atoms with E-state index in [9.17, 15) is 4.79 Å². The molecule has 2 rings (SSSR count). The fourth-order valence-electron chi connectivity index (χ4n) is 1.88. The molecule has 116 valence electrons. The van der Waals surface area contributed by atoms with E-state index in [-0.39, 0.29) is 11.9 Å². The maximum atomic E-state index is 12.0. The average molecular weight is 319 g/mol. The summed E-state index contributed by atoms with van der Waals surface area (Å²) < 4.78 is 0. The van der Waals surface area contributed by atoms with Gasteiger partial charge in [0.1, 0.15) is 11.5 Å². The first-order valence-corrected chi connectivity index (χ1v) is 7.53. The zero-order valence-corrected chi connectivity index (χ0v) is 13.4. The molecule has 0 radical (unpaired) electrons. The summed E-state index contributed by atoms with van der Waals surface area (Å²) in [6.45, 7) is 4.56. The molecule has 5 nitrogen and oxygen atoms in total. The number of rotatable bonds is 6. The van der Waals surface area contributed by atoms with E-state index in [0.717, 1.165) is 12.0 Å². The number of hydrogen-bond acceptors (Lipinski definition) is 4. The fraction of sp³-hybridized carbons (Fsp3) is 0.312. The van der Waals surface area contributed by atoms with Crippen LogP contribution in [-0.4, -0.2) is 28.5 Å². The van der Waals surface area contributed by atoms with Crippen molar-refractivity contribution in [2.24, 2.45) is 0 Å². The average Bonchev–Trinajstić information content (AvgIpc) is 2.49. The van der Waals surface area contributed by atoms with Crippen molar-refractivity contribution in [2.75, 3.05) is 11.9 Å². The van der Waals surface area contributed by atoms with Gasteiger partial charge in [0.2, 0.25) is 0 Å². The van der Waals surface area contributed by atoms with Crippen LogP contribution < -0.4 is 10.6 Å². The summed E-state index contributed by atoms with van der Waals surface area (Å²) >= 11 is 5.83. The van der Waals surface area contributed by atoms with Gasteiger partial charge in [-0.05, 0) is 38.0 Å². The Kier molecular flexibility index (Phi) is 5.72. The lowest BCUT2D eigenvalue weighted by Gasteiger charge is -2.09. The highest BCUT2D eigenvalue weighted by Crippen LogP contribution is 2.09. The van der Waals surface area contributed by atoms with Gasteiger partial charge < -0.3 is 10.6 Å². The number of aromatic nitrogens is 2. The highest BCUT2D eigenvalue weighted by molar-refractivity contribution is 6.30. The predicted molar refractivity (Wildman–Crippen MR) is 88.3 cm³/mol. The number of anilines is 1. The summed E-state index contributed by atoms with van der Waals surface area (Å²) in [5.41, 5.74) is 1.43. The van der Waals surface area contributed by atoms with Crippen molar-refractivity contribution in [3.63, 3.8) is 0 Å². The second-order valence-electron chi connectivity index (χ2n) is 5.22. The molecule has 1 aromatic carbocycles. The van der Waals surface area contributed by atoms with Crippen molar-refractivity contribution < 1.29 is 4.79 Å². The van der Waals surface area contributed by atoms with Crippen LogP contribution in [0.3, 0.4) is 0 Å². The normalized spacial score (nSPS) is 10.5. The molecule has 0 atom stereocenters. The maximum absolute atomic E-state index is 12.0. The molecule has 0 fully saturated rings. The van der Waals surface area contributed by atoms with E-state index < -0.39 is 0 Å². The number of benzene rings is 1. The Morgan fingerprint density at radius 1 is 1.18 bits per heavy atom. The molecule has 0 saturated carbocycles. The predicted octanol–water partition coefficient (Wildman–Crippen LogP) is 2.92. The van der Waals surface area contributed by atoms with Crippen molar-refractivity contribution in [2.45, 2.75) is 26.3 Å². The first-order chi connectivity index (χ1) is 10.5. The number of hydrogen-bond donors (Lipinski definition) is 2. The Bertz CT molecular complexity index is 611. The third-order valence-electron chi connectivity index (χ3n) is 2.93. The highest BCUT2D eigenvalue weighted by Gasteiger charge is 2.07. The molecular weight excluding hydrogens is 300 g/mol. The molecule has 0 aliphatic heterocycles. The van der Waals surface area contributed by atoms with Crippen LogP contribution in [0.15, 0.2) is 36.7 Å². The molecule has 1 amide bonds. The Labute approximate surface area is 135 Å². The maximum Gasteiger partial charge on any atom is 0.271 e. The quantitative estimate of drug-likeness (QED) is 0.859.